The lowest BCUT2D eigenvalue weighted by Crippen LogP contribution is -2.20. The normalized spacial score (nSPS) is 14.4. The molecule has 2 rings (SSSR count). The van der Waals surface area contributed by atoms with Crippen LogP contribution in [0.1, 0.15) is 0 Å². The van der Waals surface area contributed by atoms with Gasteiger partial charge in [-0.05, 0) is 0 Å². The molecular weight excluding hydrogens is 202 g/mol. The number of nitrogens with one attached hydrogen (secondary N) is 1. The predicted octanol–water partition coefficient (Wildman–Crippen LogP) is 0.564. The van der Waals surface area contributed by atoms with Crippen LogP contribution in [-0.2, 0) is 4.79 Å². The van der Waals surface area contributed by atoms with Crippen LogP contribution in [0.15, 0.2) is 28.3 Å². The molecule has 0 aliphatic carbocycles. The summed E-state index contributed by atoms with van der Waals surface area (Å²) in [6.45, 7) is 0.344. The minimum atomic E-state index is -0.413. The fourth-order valence-electron chi connectivity index (χ4n) is 0.909. The Bertz CT molecular complexity index is 383. The second-order valence-corrected chi connectivity index (χ2v) is 3.35. The van der Waals surface area contributed by atoms with E-state index in [-0.39, 0.29) is 0 Å². The highest BCUT2D eigenvalue weighted by atomic mass is 32.1. The Balaban J connectivity index is 1.99. The highest BCUT2D eigenvalue weighted by Gasteiger charge is 2.13. The maximum Gasteiger partial charge on any atom is 0.344 e. The largest absolute Gasteiger partial charge is 0.394 e. The summed E-state index contributed by atoms with van der Waals surface area (Å²) in [6.07, 6.45) is 4.68. The van der Waals surface area contributed by atoms with E-state index in [0.29, 0.717) is 17.3 Å². The molecule has 1 aromatic rings. The van der Waals surface area contributed by atoms with Gasteiger partial charge in [-0.1, -0.05) is 11.3 Å². The van der Waals surface area contributed by atoms with Crippen molar-refractivity contribution in [1.29, 1.82) is 0 Å². The Kier molecular flexibility index (Phi) is 2.55. The first-order valence-corrected chi connectivity index (χ1v) is 4.79. The Labute approximate surface area is 84.1 Å². The van der Waals surface area contributed by atoms with Crippen LogP contribution in [0, 0.1) is 0 Å². The van der Waals surface area contributed by atoms with E-state index < -0.39 is 5.97 Å². The monoisotopic (exact) mass is 209 g/mol. The van der Waals surface area contributed by atoms with Gasteiger partial charge in [0.15, 0.2) is 0 Å². The molecule has 0 aromatic carbocycles. The van der Waals surface area contributed by atoms with Crippen molar-refractivity contribution in [3.8, 4) is 5.19 Å². The summed E-state index contributed by atoms with van der Waals surface area (Å²) in [4.78, 5) is 19.2. The molecule has 6 heteroatoms. The number of esters is 1. The van der Waals surface area contributed by atoms with Crippen LogP contribution in [0.3, 0.4) is 0 Å². The van der Waals surface area contributed by atoms with Crippen LogP contribution < -0.4 is 10.1 Å². The van der Waals surface area contributed by atoms with Crippen molar-refractivity contribution in [1.82, 2.24) is 10.3 Å². The second kappa shape index (κ2) is 4.01. The van der Waals surface area contributed by atoms with Gasteiger partial charge in [-0.3, -0.25) is 4.99 Å². The van der Waals surface area contributed by atoms with E-state index in [1.54, 1.807) is 17.8 Å². The van der Waals surface area contributed by atoms with Gasteiger partial charge in [0.25, 0.3) is 5.19 Å². The van der Waals surface area contributed by atoms with E-state index in [9.17, 15) is 4.79 Å². The molecule has 0 bridgehead atoms. The highest BCUT2D eigenvalue weighted by Crippen LogP contribution is 2.15. The van der Waals surface area contributed by atoms with E-state index in [1.165, 1.54) is 17.7 Å². The van der Waals surface area contributed by atoms with Crippen molar-refractivity contribution in [3.63, 3.8) is 0 Å². The maximum absolute atomic E-state index is 11.4. The SMILES string of the molecule is O=C(Oc1nccs1)C1=CNC=NC1. The summed E-state index contributed by atoms with van der Waals surface area (Å²) in [5.74, 6) is -0.413. The first-order chi connectivity index (χ1) is 6.86. The summed E-state index contributed by atoms with van der Waals surface area (Å²) in [7, 11) is 0. The van der Waals surface area contributed by atoms with Crippen molar-refractivity contribution < 1.29 is 9.53 Å². The van der Waals surface area contributed by atoms with E-state index in [1.807, 2.05) is 0 Å². The van der Waals surface area contributed by atoms with Crippen molar-refractivity contribution in [2.45, 2.75) is 0 Å². The van der Waals surface area contributed by atoms with E-state index in [4.69, 9.17) is 4.74 Å². The first kappa shape index (κ1) is 8.89. The number of ether oxygens (including phenoxy) is 1. The fourth-order valence-corrected chi connectivity index (χ4v) is 1.39. The minimum absolute atomic E-state index is 0.344. The number of thiazole rings is 1. The Hall–Kier alpha value is -1.69. The van der Waals surface area contributed by atoms with E-state index >= 15 is 0 Å². The van der Waals surface area contributed by atoms with E-state index in [0.717, 1.165) is 0 Å². The molecule has 1 N–H and O–H groups in total. The quantitative estimate of drug-likeness (QED) is 0.723. The maximum atomic E-state index is 11.4. The predicted molar refractivity (Wildman–Crippen MR) is 52.3 cm³/mol. The first-order valence-electron chi connectivity index (χ1n) is 3.91. The smallest absolute Gasteiger partial charge is 0.344 e. The van der Waals surface area contributed by atoms with Gasteiger partial charge in [0.1, 0.15) is 0 Å². The van der Waals surface area contributed by atoms with Crippen LogP contribution >= 0.6 is 11.3 Å². The molecule has 14 heavy (non-hydrogen) atoms. The number of aromatic nitrogens is 1. The third-order valence-corrected chi connectivity index (χ3v) is 2.19. The Morgan fingerprint density at radius 1 is 1.64 bits per heavy atom. The van der Waals surface area contributed by atoms with Crippen molar-refractivity contribution in [3.05, 3.63) is 23.3 Å². The summed E-state index contributed by atoms with van der Waals surface area (Å²) in [5.41, 5.74) is 0.489. The minimum Gasteiger partial charge on any atom is -0.394 e. The number of rotatable bonds is 2. The van der Waals surface area contributed by atoms with Gasteiger partial charge in [0.05, 0.1) is 18.5 Å². The Morgan fingerprint density at radius 3 is 3.21 bits per heavy atom. The zero-order valence-corrected chi connectivity index (χ0v) is 7.95. The average molecular weight is 209 g/mol. The van der Waals surface area contributed by atoms with Crippen LogP contribution in [0.25, 0.3) is 0 Å². The molecule has 2 heterocycles. The zero-order valence-electron chi connectivity index (χ0n) is 7.14. The number of carbonyl (C=O) groups is 1. The molecule has 0 amide bonds. The number of hydrogen-bond donors (Lipinski definition) is 1. The van der Waals surface area contributed by atoms with Crippen LogP contribution in [-0.4, -0.2) is 23.8 Å². The van der Waals surface area contributed by atoms with Gasteiger partial charge in [0.2, 0.25) is 0 Å². The van der Waals surface area contributed by atoms with Gasteiger partial charge in [-0.2, -0.15) is 0 Å². The molecule has 0 saturated carbocycles. The molecule has 5 nitrogen and oxygen atoms in total. The third-order valence-electron chi connectivity index (χ3n) is 1.54. The van der Waals surface area contributed by atoms with Crippen molar-refractivity contribution >= 4 is 23.6 Å². The number of aliphatic imine (C=N–C) groups is 1. The number of hydrogen-bond acceptors (Lipinski definition) is 6. The fraction of sp³-hybridized carbons (Fsp3) is 0.125. The summed E-state index contributed by atoms with van der Waals surface area (Å²) in [5, 5.41) is 4.82. The van der Waals surface area contributed by atoms with Gasteiger partial charge < -0.3 is 10.1 Å². The van der Waals surface area contributed by atoms with Gasteiger partial charge in [-0.15, -0.1) is 0 Å². The molecule has 0 radical (unpaired) electrons. The summed E-state index contributed by atoms with van der Waals surface area (Å²) in [6, 6.07) is 0. The third kappa shape index (κ3) is 1.97. The molecule has 0 spiro atoms. The standard InChI is InChI=1S/C8H7N3O2S/c12-7(6-3-9-5-10-4-6)13-8-11-1-2-14-8/h1-3,5H,4H2,(H,9,10). The zero-order chi connectivity index (χ0) is 9.80. The van der Waals surface area contributed by atoms with Crippen molar-refractivity contribution in [2.24, 2.45) is 4.99 Å². The lowest BCUT2D eigenvalue weighted by molar-refractivity contribution is -0.130. The molecule has 0 unspecified atom stereocenters. The molecule has 1 aliphatic rings. The highest BCUT2D eigenvalue weighted by molar-refractivity contribution is 7.11. The molecule has 0 fully saturated rings. The second-order valence-electron chi connectivity index (χ2n) is 2.49. The van der Waals surface area contributed by atoms with Crippen LogP contribution in [0.4, 0.5) is 0 Å². The molecule has 1 aliphatic heterocycles. The molecule has 0 atom stereocenters. The molecule has 72 valence electrons. The molecule has 0 saturated heterocycles. The molecular formula is C8H7N3O2S. The van der Waals surface area contributed by atoms with Gasteiger partial charge >= 0.3 is 5.97 Å². The van der Waals surface area contributed by atoms with Gasteiger partial charge in [-0.25, -0.2) is 9.78 Å². The lowest BCUT2D eigenvalue weighted by atomic mass is 10.3. The topological polar surface area (TPSA) is 63.6 Å². The van der Waals surface area contributed by atoms with E-state index in [2.05, 4.69) is 15.3 Å². The van der Waals surface area contributed by atoms with Crippen LogP contribution in [0.2, 0.25) is 0 Å². The van der Waals surface area contributed by atoms with Gasteiger partial charge in [0, 0.05) is 17.8 Å². The number of nitrogens with zero attached hydrogens (tertiary/aromatic N) is 2. The van der Waals surface area contributed by atoms with Crippen LogP contribution in [0.5, 0.6) is 5.19 Å². The summed E-state index contributed by atoms with van der Waals surface area (Å²) < 4.78 is 4.98. The van der Waals surface area contributed by atoms with Crippen molar-refractivity contribution in [2.75, 3.05) is 6.54 Å². The molecule has 1 aromatic heterocycles. The number of carbonyl (C=O) groups excluding carboxylic acids is 1. The lowest BCUT2D eigenvalue weighted by Gasteiger charge is -2.06. The average Bonchev–Trinajstić information content (AvgIpc) is 2.72. The summed E-state index contributed by atoms with van der Waals surface area (Å²) >= 11 is 1.28. The Morgan fingerprint density at radius 2 is 2.57 bits per heavy atom.